The van der Waals surface area contributed by atoms with Crippen molar-refractivity contribution in [3.8, 4) is 33.8 Å². The van der Waals surface area contributed by atoms with Crippen LogP contribution in [0.5, 0.6) is 0 Å². The second-order valence-corrected chi connectivity index (χ2v) is 7.91. The predicted octanol–water partition coefficient (Wildman–Crippen LogP) is 4.58. The zero-order chi connectivity index (χ0) is 22.5. The molecule has 164 valence electrons. The van der Waals surface area contributed by atoms with Gasteiger partial charge in [-0.25, -0.2) is 15.0 Å². The fourth-order valence-corrected chi connectivity index (χ4v) is 3.79. The lowest BCUT2D eigenvalue weighted by atomic mass is 10.0. The van der Waals surface area contributed by atoms with Crippen LogP contribution < -0.4 is 0 Å². The van der Waals surface area contributed by atoms with Crippen LogP contribution in [0.1, 0.15) is 31.2 Å². The van der Waals surface area contributed by atoms with Gasteiger partial charge in [0.2, 0.25) is 5.82 Å². The average molecular weight is 437 g/mol. The molecular formula is C25H24N8. The molecule has 0 radical (unpaired) electrons. The molecule has 0 saturated heterocycles. The van der Waals surface area contributed by atoms with E-state index >= 15 is 0 Å². The zero-order valence-electron chi connectivity index (χ0n) is 18.4. The second kappa shape index (κ2) is 9.52. The molecule has 0 aliphatic heterocycles. The quantitative estimate of drug-likeness (QED) is 0.382. The summed E-state index contributed by atoms with van der Waals surface area (Å²) >= 11 is 0. The maximum absolute atomic E-state index is 4.87. The minimum Gasteiger partial charge on any atom is -0.330 e. The first-order chi connectivity index (χ1) is 16.3. The van der Waals surface area contributed by atoms with Gasteiger partial charge in [-0.05, 0) is 28.3 Å². The van der Waals surface area contributed by atoms with Crippen LogP contribution in [-0.4, -0.2) is 40.1 Å². The normalized spacial score (nSPS) is 11.1. The van der Waals surface area contributed by atoms with Gasteiger partial charge in [-0.15, -0.1) is 10.2 Å². The number of rotatable bonds is 8. The molecule has 0 aliphatic carbocycles. The van der Waals surface area contributed by atoms with Gasteiger partial charge in [0.1, 0.15) is 12.2 Å². The third-order valence-electron chi connectivity index (χ3n) is 5.60. The van der Waals surface area contributed by atoms with E-state index in [-0.39, 0.29) is 0 Å². The number of benzene rings is 2. The van der Waals surface area contributed by atoms with Crippen LogP contribution in [0, 0.1) is 0 Å². The maximum atomic E-state index is 4.87. The molecule has 33 heavy (non-hydrogen) atoms. The Bertz CT molecular complexity index is 1290. The van der Waals surface area contributed by atoms with E-state index in [4.69, 9.17) is 4.98 Å². The van der Waals surface area contributed by atoms with Gasteiger partial charge in [-0.1, -0.05) is 61.9 Å². The number of nitrogens with zero attached hydrogens (tertiary/aromatic N) is 7. The van der Waals surface area contributed by atoms with Crippen molar-refractivity contribution < 1.29 is 0 Å². The number of tetrazole rings is 1. The first kappa shape index (κ1) is 20.7. The number of nitrogens with one attached hydrogen (secondary N) is 1. The van der Waals surface area contributed by atoms with Gasteiger partial charge in [-0.2, -0.15) is 5.21 Å². The molecule has 8 heteroatoms. The highest BCUT2D eigenvalue weighted by molar-refractivity contribution is 5.67. The number of aryl methyl sites for hydroxylation is 1. The van der Waals surface area contributed by atoms with Crippen LogP contribution in [0.2, 0.25) is 0 Å². The van der Waals surface area contributed by atoms with Gasteiger partial charge in [0.25, 0.3) is 0 Å². The summed E-state index contributed by atoms with van der Waals surface area (Å²) in [6.45, 7) is 2.98. The fraction of sp³-hybridized carbons (Fsp3) is 0.200. The molecule has 0 saturated carbocycles. The molecule has 1 N–H and O–H groups in total. The first-order valence-corrected chi connectivity index (χ1v) is 11.0. The molecule has 5 aromatic rings. The summed E-state index contributed by atoms with van der Waals surface area (Å²) in [5.74, 6) is 1.69. The standard InChI is InChI=1S/C25H24N8/c1-2-3-4-24-28-23(22-13-26-17-27-14-22)16-33(24)15-18-5-7-19(8-6-18)20-9-11-21(12-10-20)25-29-31-32-30-25/h5-14,16-17H,2-4,15H2,1H3,(H,29,30,31,32). The minimum atomic E-state index is 0.595. The highest BCUT2D eigenvalue weighted by Crippen LogP contribution is 2.24. The molecule has 5 rings (SSSR count). The number of hydrogen-bond acceptors (Lipinski definition) is 6. The van der Waals surface area contributed by atoms with E-state index in [2.05, 4.69) is 84.7 Å². The topological polar surface area (TPSA) is 98.1 Å². The largest absolute Gasteiger partial charge is 0.330 e. The summed E-state index contributed by atoms with van der Waals surface area (Å²) in [7, 11) is 0. The van der Waals surface area contributed by atoms with Crippen molar-refractivity contribution in [2.45, 2.75) is 32.7 Å². The molecule has 8 nitrogen and oxygen atoms in total. The summed E-state index contributed by atoms with van der Waals surface area (Å²) in [6.07, 6.45) is 10.5. The Morgan fingerprint density at radius 2 is 1.55 bits per heavy atom. The van der Waals surface area contributed by atoms with Crippen LogP contribution in [0.4, 0.5) is 0 Å². The molecule has 2 aromatic carbocycles. The Morgan fingerprint density at radius 3 is 2.21 bits per heavy atom. The SMILES string of the molecule is CCCCc1nc(-c2cncnc2)cn1Cc1ccc(-c2ccc(-c3nn[nH]n3)cc2)cc1. The number of imidazole rings is 1. The summed E-state index contributed by atoms with van der Waals surface area (Å²) < 4.78 is 2.24. The fourth-order valence-electron chi connectivity index (χ4n) is 3.79. The molecule has 0 spiro atoms. The predicted molar refractivity (Wildman–Crippen MR) is 126 cm³/mol. The van der Waals surface area contributed by atoms with Crippen LogP contribution >= 0.6 is 0 Å². The first-order valence-electron chi connectivity index (χ1n) is 11.0. The number of unbranched alkanes of at least 4 members (excludes halogenated alkanes) is 1. The molecule has 0 bridgehead atoms. The van der Waals surface area contributed by atoms with Crippen molar-refractivity contribution in [2.75, 3.05) is 0 Å². The highest BCUT2D eigenvalue weighted by Gasteiger charge is 2.11. The molecule has 0 unspecified atom stereocenters. The van der Waals surface area contributed by atoms with Gasteiger partial charge >= 0.3 is 0 Å². The van der Waals surface area contributed by atoms with E-state index in [1.165, 1.54) is 5.56 Å². The van der Waals surface area contributed by atoms with Gasteiger partial charge in [-0.3, -0.25) is 0 Å². The molecule has 0 atom stereocenters. The van der Waals surface area contributed by atoms with Crippen molar-refractivity contribution in [3.63, 3.8) is 0 Å². The summed E-state index contributed by atoms with van der Waals surface area (Å²) in [4.78, 5) is 13.1. The smallest absolute Gasteiger partial charge is 0.204 e. The van der Waals surface area contributed by atoms with Gasteiger partial charge < -0.3 is 4.57 Å². The van der Waals surface area contributed by atoms with Gasteiger partial charge in [0.05, 0.1) is 5.69 Å². The van der Waals surface area contributed by atoms with Crippen molar-refractivity contribution in [2.24, 2.45) is 0 Å². The number of aromatic amines is 1. The van der Waals surface area contributed by atoms with E-state index in [0.29, 0.717) is 5.82 Å². The maximum Gasteiger partial charge on any atom is 0.204 e. The summed E-state index contributed by atoms with van der Waals surface area (Å²) in [5, 5.41) is 14.1. The van der Waals surface area contributed by atoms with Crippen molar-refractivity contribution >= 4 is 0 Å². The van der Waals surface area contributed by atoms with Crippen LogP contribution in [0.3, 0.4) is 0 Å². The highest BCUT2D eigenvalue weighted by atomic mass is 15.5. The average Bonchev–Trinajstić information content (AvgIpc) is 3.55. The number of aromatic nitrogens is 8. The zero-order valence-corrected chi connectivity index (χ0v) is 18.4. The van der Waals surface area contributed by atoms with E-state index < -0.39 is 0 Å². The number of H-pyrrole nitrogens is 1. The molecule has 0 aliphatic rings. The molecule has 0 fully saturated rings. The van der Waals surface area contributed by atoms with E-state index in [1.54, 1.807) is 6.33 Å². The van der Waals surface area contributed by atoms with E-state index in [1.807, 2.05) is 24.5 Å². The summed E-state index contributed by atoms with van der Waals surface area (Å²) in [5.41, 5.74) is 6.33. The molecular weight excluding hydrogens is 412 g/mol. The Kier molecular flexibility index (Phi) is 5.97. The van der Waals surface area contributed by atoms with E-state index in [9.17, 15) is 0 Å². The second-order valence-electron chi connectivity index (χ2n) is 7.91. The molecule has 0 amide bonds. The number of hydrogen-bond donors (Lipinski definition) is 1. The Balaban J connectivity index is 1.35. The Morgan fingerprint density at radius 1 is 0.848 bits per heavy atom. The van der Waals surface area contributed by atoms with Crippen LogP contribution in [0.25, 0.3) is 33.8 Å². The lowest BCUT2D eigenvalue weighted by Crippen LogP contribution is -2.04. The lowest BCUT2D eigenvalue weighted by molar-refractivity contribution is 0.678. The third kappa shape index (κ3) is 4.69. The van der Waals surface area contributed by atoms with Gasteiger partial charge in [0.15, 0.2) is 0 Å². The van der Waals surface area contributed by atoms with Crippen molar-refractivity contribution in [3.05, 3.63) is 84.8 Å². The third-order valence-corrected chi connectivity index (χ3v) is 5.60. The van der Waals surface area contributed by atoms with Crippen molar-refractivity contribution in [1.82, 2.24) is 40.1 Å². The Labute approximate surface area is 191 Å². The minimum absolute atomic E-state index is 0.595. The summed E-state index contributed by atoms with van der Waals surface area (Å²) in [6, 6.07) is 16.8. The monoisotopic (exact) mass is 436 g/mol. The van der Waals surface area contributed by atoms with E-state index in [0.717, 1.165) is 59.6 Å². The molecule has 3 heterocycles. The lowest BCUT2D eigenvalue weighted by Gasteiger charge is -2.09. The Hall–Kier alpha value is -4.20. The van der Waals surface area contributed by atoms with Crippen molar-refractivity contribution in [1.29, 1.82) is 0 Å². The molecule has 3 aromatic heterocycles. The van der Waals surface area contributed by atoms with Crippen LogP contribution in [0.15, 0.2) is 73.4 Å². The van der Waals surface area contributed by atoms with Crippen LogP contribution in [-0.2, 0) is 13.0 Å². The van der Waals surface area contributed by atoms with Gasteiger partial charge in [0, 0.05) is 42.7 Å².